The molecule has 14 heavy (non-hydrogen) atoms. The Morgan fingerprint density at radius 1 is 1.43 bits per heavy atom. The summed E-state index contributed by atoms with van der Waals surface area (Å²) in [7, 11) is 0. The predicted molar refractivity (Wildman–Crippen MR) is 52.9 cm³/mol. The standard InChI is InChI=1S/C11H13NO2/c1-9(13)8-10-2-4-11(5-3-10)14-7-6-12/h2-5,9,13H,7-8H2,1H3. The lowest BCUT2D eigenvalue weighted by molar-refractivity contribution is 0.195. The minimum atomic E-state index is -0.333. The van der Waals surface area contributed by atoms with Crippen molar-refractivity contribution in [2.75, 3.05) is 6.61 Å². The lowest BCUT2D eigenvalue weighted by atomic mass is 10.1. The van der Waals surface area contributed by atoms with Crippen molar-refractivity contribution < 1.29 is 9.84 Å². The van der Waals surface area contributed by atoms with Gasteiger partial charge in [0.2, 0.25) is 0 Å². The molecule has 1 aromatic rings. The molecule has 0 bridgehead atoms. The summed E-state index contributed by atoms with van der Waals surface area (Å²) < 4.78 is 5.09. The van der Waals surface area contributed by atoms with Gasteiger partial charge in [-0.25, -0.2) is 0 Å². The number of ether oxygens (including phenoxy) is 1. The van der Waals surface area contributed by atoms with Crippen molar-refractivity contribution in [2.45, 2.75) is 19.4 Å². The van der Waals surface area contributed by atoms with Gasteiger partial charge in [-0.05, 0) is 31.0 Å². The number of aliphatic hydroxyl groups is 1. The summed E-state index contributed by atoms with van der Waals surface area (Å²) in [4.78, 5) is 0. The molecule has 1 atom stereocenters. The van der Waals surface area contributed by atoms with Crippen LogP contribution in [0.3, 0.4) is 0 Å². The van der Waals surface area contributed by atoms with E-state index in [1.165, 1.54) is 0 Å². The van der Waals surface area contributed by atoms with Gasteiger partial charge in [0.25, 0.3) is 0 Å². The largest absolute Gasteiger partial charge is 0.479 e. The Kier molecular flexibility index (Phi) is 3.96. The molecule has 74 valence electrons. The Balaban J connectivity index is 2.56. The molecule has 1 unspecified atom stereocenters. The van der Waals surface area contributed by atoms with Gasteiger partial charge < -0.3 is 9.84 Å². The smallest absolute Gasteiger partial charge is 0.174 e. The minimum absolute atomic E-state index is 0.0652. The Bertz CT molecular complexity index is 311. The molecule has 1 rings (SSSR count). The van der Waals surface area contributed by atoms with Crippen LogP contribution < -0.4 is 4.74 Å². The van der Waals surface area contributed by atoms with E-state index in [2.05, 4.69) is 0 Å². The fourth-order valence-electron chi connectivity index (χ4n) is 1.18. The predicted octanol–water partition coefficient (Wildman–Crippen LogP) is 1.51. The third-order valence-corrected chi connectivity index (χ3v) is 1.76. The first kappa shape index (κ1) is 10.6. The number of nitriles is 1. The molecular weight excluding hydrogens is 178 g/mol. The zero-order chi connectivity index (χ0) is 10.4. The summed E-state index contributed by atoms with van der Waals surface area (Å²) in [5.74, 6) is 0.681. The first-order valence-corrected chi connectivity index (χ1v) is 4.49. The van der Waals surface area contributed by atoms with Gasteiger partial charge in [-0.3, -0.25) is 0 Å². The number of hydrogen-bond acceptors (Lipinski definition) is 3. The summed E-state index contributed by atoms with van der Waals surface area (Å²) in [5.41, 5.74) is 1.06. The van der Waals surface area contributed by atoms with Gasteiger partial charge in [0.15, 0.2) is 6.61 Å². The van der Waals surface area contributed by atoms with E-state index in [9.17, 15) is 0 Å². The van der Waals surface area contributed by atoms with Crippen LogP contribution in [0.5, 0.6) is 5.75 Å². The monoisotopic (exact) mass is 191 g/mol. The van der Waals surface area contributed by atoms with Crippen molar-refractivity contribution in [2.24, 2.45) is 0 Å². The summed E-state index contributed by atoms with van der Waals surface area (Å²) in [6, 6.07) is 9.28. The highest BCUT2D eigenvalue weighted by atomic mass is 16.5. The van der Waals surface area contributed by atoms with Crippen LogP contribution in [0.1, 0.15) is 12.5 Å². The van der Waals surface area contributed by atoms with Gasteiger partial charge in [0.1, 0.15) is 11.8 Å². The molecule has 0 aliphatic heterocycles. The molecule has 1 aromatic carbocycles. The summed E-state index contributed by atoms with van der Waals surface area (Å²) in [6.45, 7) is 1.82. The van der Waals surface area contributed by atoms with Crippen LogP contribution in [0.4, 0.5) is 0 Å². The second kappa shape index (κ2) is 5.25. The van der Waals surface area contributed by atoms with Crippen molar-refractivity contribution in [3.63, 3.8) is 0 Å². The number of rotatable bonds is 4. The molecule has 0 spiro atoms. The van der Waals surface area contributed by atoms with Crippen molar-refractivity contribution in [1.29, 1.82) is 5.26 Å². The second-order valence-corrected chi connectivity index (χ2v) is 3.14. The van der Waals surface area contributed by atoms with Crippen molar-refractivity contribution in [1.82, 2.24) is 0 Å². The average molecular weight is 191 g/mol. The average Bonchev–Trinajstić information content (AvgIpc) is 2.16. The molecule has 0 amide bonds. The number of benzene rings is 1. The second-order valence-electron chi connectivity index (χ2n) is 3.14. The highest BCUT2D eigenvalue weighted by Crippen LogP contribution is 2.13. The van der Waals surface area contributed by atoms with Crippen LogP contribution >= 0.6 is 0 Å². The summed E-state index contributed by atoms with van der Waals surface area (Å²) in [5, 5.41) is 17.4. The Labute approximate surface area is 83.6 Å². The van der Waals surface area contributed by atoms with E-state index < -0.39 is 0 Å². The highest BCUT2D eigenvalue weighted by molar-refractivity contribution is 5.27. The normalized spacial score (nSPS) is 11.8. The fourth-order valence-corrected chi connectivity index (χ4v) is 1.18. The Morgan fingerprint density at radius 2 is 2.07 bits per heavy atom. The van der Waals surface area contributed by atoms with Crippen molar-refractivity contribution in [3.05, 3.63) is 29.8 Å². The number of aliphatic hydroxyl groups excluding tert-OH is 1. The molecule has 0 saturated heterocycles. The highest BCUT2D eigenvalue weighted by Gasteiger charge is 1.99. The molecule has 3 heteroatoms. The molecule has 0 saturated carbocycles. The third kappa shape index (κ3) is 3.46. The first-order valence-electron chi connectivity index (χ1n) is 4.49. The molecule has 0 fully saturated rings. The maximum Gasteiger partial charge on any atom is 0.174 e. The summed E-state index contributed by atoms with van der Waals surface area (Å²) >= 11 is 0. The van der Waals surface area contributed by atoms with Gasteiger partial charge in [-0.15, -0.1) is 0 Å². The van der Waals surface area contributed by atoms with E-state index in [0.29, 0.717) is 12.2 Å². The zero-order valence-corrected chi connectivity index (χ0v) is 8.10. The van der Waals surface area contributed by atoms with Crippen LogP contribution in [0.2, 0.25) is 0 Å². The van der Waals surface area contributed by atoms with Crippen LogP contribution in [0.25, 0.3) is 0 Å². The van der Waals surface area contributed by atoms with Crippen molar-refractivity contribution >= 4 is 0 Å². The minimum Gasteiger partial charge on any atom is -0.479 e. The molecule has 0 aliphatic rings. The van der Waals surface area contributed by atoms with Gasteiger partial charge in [-0.1, -0.05) is 12.1 Å². The van der Waals surface area contributed by atoms with E-state index in [1.54, 1.807) is 19.1 Å². The van der Waals surface area contributed by atoms with E-state index in [1.807, 2.05) is 18.2 Å². The van der Waals surface area contributed by atoms with Crippen LogP contribution in [-0.2, 0) is 6.42 Å². The fraction of sp³-hybridized carbons (Fsp3) is 0.364. The van der Waals surface area contributed by atoms with E-state index in [-0.39, 0.29) is 12.7 Å². The molecule has 0 aliphatic carbocycles. The van der Waals surface area contributed by atoms with Gasteiger partial charge in [0.05, 0.1) is 6.10 Å². The van der Waals surface area contributed by atoms with Gasteiger partial charge in [-0.2, -0.15) is 5.26 Å². The lowest BCUT2D eigenvalue weighted by Gasteiger charge is -2.05. The number of nitrogens with zero attached hydrogens (tertiary/aromatic N) is 1. The van der Waals surface area contributed by atoms with E-state index >= 15 is 0 Å². The van der Waals surface area contributed by atoms with Gasteiger partial charge in [0, 0.05) is 0 Å². The van der Waals surface area contributed by atoms with Crippen LogP contribution in [0.15, 0.2) is 24.3 Å². The quantitative estimate of drug-likeness (QED) is 0.784. The summed E-state index contributed by atoms with van der Waals surface area (Å²) in [6.07, 6.45) is 0.305. The first-order chi connectivity index (χ1) is 6.72. The Morgan fingerprint density at radius 3 is 2.57 bits per heavy atom. The maximum absolute atomic E-state index is 9.14. The zero-order valence-electron chi connectivity index (χ0n) is 8.10. The Hall–Kier alpha value is -1.53. The van der Waals surface area contributed by atoms with Crippen LogP contribution in [0, 0.1) is 11.3 Å². The molecule has 0 radical (unpaired) electrons. The van der Waals surface area contributed by atoms with Crippen LogP contribution in [-0.4, -0.2) is 17.8 Å². The van der Waals surface area contributed by atoms with E-state index in [4.69, 9.17) is 15.1 Å². The molecule has 0 heterocycles. The lowest BCUT2D eigenvalue weighted by Crippen LogP contribution is -2.03. The SMILES string of the molecule is CC(O)Cc1ccc(OCC#N)cc1. The maximum atomic E-state index is 9.14. The third-order valence-electron chi connectivity index (χ3n) is 1.76. The van der Waals surface area contributed by atoms with Gasteiger partial charge >= 0.3 is 0 Å². The number of hydrogen-bond donors (Lipinski definition) is 1. The molecule has 1 N–H and O–H groups in total. The molecular formula is C11H13NO2. The topological polar surface area (TPSA) is 53.2 Å². The van der Waals surface area contributed by atoms with E-state index in [0.717, 1.165) is 5.56 Å². The molecule has 3 nitrogen and oxygen atoms in total. The van der Waals surface area contributed by atoms with Crippen molar-refractivity contribution in [3.8, 4) is 11.8 Å². The molecule has 0 aromatic heterocycles.